The first-order valence-electron chi connectivity index (χ1n) is 10.7. The number of nitrogens with one attached hydrogen (secondary N) is 1. The number of methoxy groups -OCH3 is 1. The number of amides is 3. The van der Waals surface area contributed by atoms with E-state index in [1.165, 1.54) is 32.4 Å². The van der Waals surface area contributed by atoms with Crippen molar-refractivity contribution in [1.29, 1.82) is 0 Å². The predicted molar refractivity (Wildman–Crippen MR) is 118 cm³/mol. The third-order valence-corrected chi connectivity index (χ3v) is 5.82. The van der Waals surface area contributed by atoms with Gasteiger partial charge in [-0.2, -0.15) is 0 Å². The molecule has 2 aliphatic rings. The Kier molecular flexibility index (Phi) is 6.04. The maximum atomic E-state index is 13.0. The first-order chi connectivity index (χ1) is 15.0. The number of hydrogen-bond acceptors (Lipinski definition) is 5. The second-order valence-corrected chi connectivity index (χ2v) is 8.14. The topological polar surface area (TPSA) is 79.0 Å². The standard InChI is InChI=1S/C24H27N3O4/c1-16(15-26-11-4-3-5-12-26)25-22(28)17-9-10-20-21(13-17)24(30)27(23(20)29)18-7-6-8-19(14-18)31-2/h6-10,13-14,16H,3-5,11-12,15H2,1-2H3,(H,25,28). The number of ether oxygens (including phenoxy) is 1. The maximum absolute atomic E-state index is 13.0. The molecule has 1 N–H and O–H groups in total. The van der Waals surface area contributed by atoms with Crippen LogP contribution in [0.2, 0.25) is 0 Å². The van der Waals surface area contributed by atoms with Crippen LogP contribution < -0.4 is 15.0 Å². The van der Waals surface area contributed by atoms with Crippen LogP contribution >= 0.6 is 0 Å². The second-order valence-electron chi connectivity index (χ2n) is 8.14. The first kappa shape index (κ1) is 21.1. The highest BCUT2D eigenvalue weighted by Crippen LogP contribution is 2.31. The molecule has 7 heteroatoms. The Bertz CT molecular complexity index is 1010. The number of nitrogens with zero attached hydrogens (tertiary/aromatic N) is 2. The lowest BCUT2D eigenvalue weighted by Gasteiger charge is -2.29. The molecule has 162 valence electrons. The molecule has 0 spiro atoms. The Balaban J connectivity index is 1.49. The van der Waals surface area contributed by atoms with E-state index in [0.29, 0.717) is 22.6 Å². The summed E-state index contributed by atoms with van der Waals surface area (Å²) in [6.45, 7) is 4.92. The fourth-order valence-corrected chi connectivity index (χ4v) is 4.25. The van der Waals surface area contributed by atoms with Crippen molar-refractivity contribution in [3.05, 3.63) is 59.2 Å². The summed E-state index contributed by atoms with van der Waals surface area (Å²) in [5.41, 5.74) is 1.35. The van der Waals surface area contributed by atoms with E-state index < -0.39 is 11.8 Å². The molecule has 0 aliphatic carbocycles. The molecule has 0 bridgehead atoms. The Morgan fingerprint density at radius 3 is 2.52 bits per heavy atom. The van der Waals surface area contributed by atoms with Crippen molar-refractivity contribution >= 4 is 23.4 Å². The number of fused-ring (bicyclic) bond motifs is 1. The average Bonchev–Trinajstić information content (AvgIpc) is 3.04. The fraction of sp³-hybridized carbons (Fsp3) is 0.375. The van der Waals surface area contributed by atoms with Crippen molar-refractivity contribution in [2.75, 3.05) is 31.6 Å². The van der Waals surface area contributed by atoms with E-state index in [0.717, 1.165) is 24.5 Å². The highest BCUT2D eigenvalue weighted by atomic mass is 16.5. The summed E-state index contributed by atoms with van der Waals surface area (Å²) < 4.78 is 5.20. The van der Waals surface area contributed by atoms with Crippen LogP contribution in [0.5, 0.6) is 5.75 Å². The van der Waals surface area contributed by atoms with Gasteiger partial charge in [-0.25, -0.2) is 4.90 Å². The maximum Gasteiger partial charge on any atom is 0.266 e. The molecule has 7 nitrogen and oxygen atoms in total. The third-order valence-electron chi connectivity index (χ3n) is 5.82. The number of piperidine rings is 1. The summed E-state index contributed by atoms with van der Waals surface area (Å²) in [6, 6.07) is 11.4. The van der Waals surface area contributed by atoms with Gasteiger partial charge in [-0.3, -0.25) is 14.4 Å². The molecule has 1 fully saturated rings. The van der Waals surface area contributed by atoms with Gasteiger partial charge in [0.05, 0.1) is 23.9 Å². The van der Waals surface area contributed by atoms with Gasteiger partial charge in [0.1, 0.15) is 5.75 Å². The zero-order valence-electron chi connectivity index (χ0n) is 17.9. The van der Waals surface area contributed by atoms with E-state index >= 15 is 0 Å². The zero-order chi connectivity index (χ0) is 22.0. The van der Waals surface area contributed by atoms with Crippen molar-refractivity contribution in [2.24, 2.45) is 0 Å². The first-order valence-corrected chi connectivity index (χ1v) is 10.7. The van der Waals surface area contributed by atoms with Gasteiger partial charge >= 0.3 is 0 Å². The van der Waals surface area contributed by atoms with Crippen LogP contribution in [0.3, 0.4) is 0 Å². The molecule has 0 aromatic heterocycles. The Labute approximate surface area is 182 Å². The predicted octanol–water partition coefficient (Wildman–Crippen LogP) is 3.10. The fourth-order valence-electron chi connectivity index (χ4n) is 4.25. The van der Waals surface area contributed by atoms with Gasteiger partial charge in [0.25, 0.3) is 17.7 Å². The molecule has 2 aromatic rings. The van der Waals surface area contributed by atoms with E-state index in [2.05, 4.69) is 10.2 Å². The third kappa shape index (κ3) is 4.32. The van der Waals surface area contributed by atoms with E-state index in [-0.39, 0.29) is 17.5 Å². The Morgan fingerprint density at radius 1 is 1.03 bits per heavy atom. The average molecular weight is 421 g/mol. The summed E-state index contributed by atoms with van der Waals surface area (Å²) >= 11 is 0. The Hall–Kier alpha value is -3.19. The van der Waals surface area contributed by atoms with Gasteiger partial charge in [0.15, 0.2) is 0 Å². The van der Waals surface area contributed by atoms with Crippen molar-refractivity contribution in [3.8, 4) is 5.75 Å². The minimum atomic E-state index is -0.440. The van der Waals surface area contributed by atoms with Crippen LogP contribution in [0.15, 0.2) is 42.5 Å². The largest absolute Gasteiger partial charge is 0.497 e. The SMILES string of the molecule is COc1cccc(N2C(=O)c3ccc(C(=O)NC(C)CN4CCCCC4)cc3C2=O)c1. The van der Waals surface area contributed by atoms with Gasteiger partial charge in [-0.15, -0.1) is 0 Å². The van der Waals surface area contributed by atoms with Crippen LogP contribution in [0.25, 0.3) is 0 Å². The number of benzene rings is 2. The molecule has 1 saturated heterocycles. The minimum absolute atomic E-state index is 0.00975. The number of hydrogen-bond donors (Lipinski definition) is 1. The van der Waals surface area contributed by atoms with Crippen LogP contribution in [0.1, 0.15) is 57.3 Å². The monoisotopic (exact) mass is 421 g/mol. The van der Waals surface area contributed by atoms with Gasteiger partial charge in [-0.05, 0) is 63.2 Å². The number of rotatable bonds is 6. The molecule has 1 unspecified atom stereocenters. The normalized spacial score (nSPS) is 17.4. The molecule has 3 amide bonds. The highest BCUT2D eigenvalue weighted by molar-refractivity contribution is 6.34. The lowest BCUT2D eigenvalue weighted by molar-refractivity contribution is 0.0917. The smallest absolute Gasteiger partial charge is 0.266 e. The Morgan fingerprint density at radius 2 is 1.77 bits per heavy atom. The number of carbonyl (C=O) groups excluding carboxylic acids is 3. The molecule has 4 rings (SSSR count). The lowest BCUT2D eigenvalue weighted by atomic mass is 10.0. The molecule has 2 aliphatic heterocycles. The highest BCUT2D eigenvalue weighted by Gasteiger charge is 2.37. The summed E-state index contributed by atoms with van der Waals surface area (Å²) in [7, 11) is 1.53. The second kappa shape index (κ2) is 8.89. The van der Waals surface area contributed by atoms with Crippen LogP contribution in [0.4, 0.5) is 5.69 Å². The summed E-state index contributed by atoms with van der Waals surface area (Å²) in [4.78, 5) is 42.1. The van der Waals surface area contributed by atoms with Gasteiger partial charge in [0.2, 0.25) is 0 Å². The number of anilines is 1. The van der Waals surface area contributed by atoms with Crippen molar-refractivity contribution in [2.45, 2.75) is 32.2 Å². The van der Waals surface area contributed by atoms with Crippen LogP contribution in [0, 0.1) is 0 Å². The molecule has 2 heterocycles. The molecule has 2 aromatic carbocycles. The van der Waals surface area contributed by atoms with Gasteiger partial charge < -0.3 is 15.0 Å². The summed E-state index contributed by atoms with van der Waals surface area (Å²) in [6.07, 6.45) is 3.67. The molecular formula is C24H27N3O4. The summed E-state index contributed by atoms with van der Waals surface area (Å²) in [5.74, 6) is -0.535. The quantitative estimate of drug-likeness (QED) is 0.725. The van der Waals surface area contributed by atoms with Crippen molar-refractivity contribution in [3.63, 3.8) is 0 Å². The van der Waals surface area contributed by atoms with Crippen LogP contribution in [-0.4, -0.2) is 55.4 Å². The van der Waals surface area contributed by atoms with E-state index in [9.17, 15) is 14.4 Å². The lowest BCUT2D eigenvalue weighted by Crippen LogP contribution is -2.43. The van der Waals surface area contributed by atoms with Crippen molar-refractivity contribution in [1.82, 2.24) is 10.2 Å². The van der Waals surface area contributed by atoms with E-state index in [1.54, 1.807) is 36.4 Å². The number of likely N-dealkylation sites (tertiary alicyclic amines) is 1. The molecule has 31 heavy (non-hydrogen) atoms. The molecule has 0 saturated carbocycles. The number of imide groups is 1. The molecule has 0 radical (unpaired) electrons. The van der Waals surface area contributed by atoms with E-state index in [4.69, 9.17) is 4.74 Å². The molecular weight excluding hydrogens is 394 g/mol. The zero-order valence-corrected chi connectivity index (χ0v) is 17.9. The van der Waals surface area contributed by atoms with E-state index in [1.807, 2.05) is 6.92 Å². The van der Waals surface area contributed by atoms with Crippen molar-refractivity contribution < 1.29 is 19.1 Å². The van der Waals surface area contributed by atoms with Crippen LogP contribution in [-0.2, 0) is 0 Å². The minimum Gasteiger partial charge on any atom is -0.497 e. The molecule has 1 atom stereocenters. The summed E-state index contributed by atoms with van der Waals surface area (Å²) in [5, 5.41) is 3.01. The van der Waals surface area contributed by atoms with Gasteiger partial charge in [0, 0.05) is 24.2 Å². The number of carbonyl (C=O) groups is 3. The van der Waals surface area contributed by atoms with Gasteiger partial charge in [-0.1, -0.05) is 12.5 Å².